The van der Waals surface area contributed by atoms with Gasteiger partial charge in [0.2, 0.25) is 5.91 Å². The van der Waals surface area contributed by atoms with Gasteiger partial charge in [-0.15, -0.1) is 11.8 Å². The summed E-state index contributed by atoms with van der Waals surface area (Å²) in [5.41, 5.74) is -0.0579. The maximum atomic E-state index is 11.8. The van der Waals surface area contributed by atoms with Gasteiger partial charge in [0.1, 0.15) is 0 Å². The number of hydrogen-bond donors (Lipinski definition) is 3. The zero-order chi connectivity index (χ0) is 15.9. The molecule has 1 saturated heterocycles. The molecule has 1 amide bonds. The summed E-state index contributed by atoms with van der Waals surface area (Å²) in [6, 6.07) is 0. The molecule has 0 aromatic carbocycles. The van der Waals surface area contributed by atoms with Gasteiger partial charge >= 0.3 is 5.97 Å². The van der Waals surface area contributed by atoms with Gasteiger partial charge < -0.3 is 15.7 Å². The minimum absolute atomic E-state index is 0.0568. The fourth-order valence-electron chi connectivity index (χ4n) is 2.43. The van der Waals surface area contributed by atoms with E-state index in [1.165, 1.54) is 0 Å². The maximum absolute atomic E-state index is 11.8. The van der Waals surface area contributed by atoms with Gasteiger partial charge in [0.25, 0.3) is 0 Å². The standard InChI is InChI=1S/C15H28N2O3S/c1-15(2,3)8-11(14(19)20)9-17-13(18)10-21-12-4-6-16-7-5-12/h11-12,16H,4-10H2,1-3H3,(H,17,18)(H,19,20). The molecule has 0 spiro atoms. The highest BCUT2D eigenvalue weighted by atomic mass is 32.2. The maximum Gasteiger partial charge on any atom is 0.308 e. The van der Waals surface area contributed by atoms with Gasteiger partial charge in [-0.05, 0) is 37.8 Å². The highest BCUT2D eigenvalue weighted by Gasteiger charge is 2.25. The molecule has 0 saturated carbocycles. The minimum atomic E-state index is -0.837. The van der Waals surface area contributed by atoms with Crippen molar-refractivity contribution in [2.45, 2.75) is 45.3 Å². The molecule has 1 rings (SSSR count). The Labute approximate surface area is 131 Å². The Balaban J connectivity index is 2.27. The molecule has 0 bridgehead atoms. The van der Waals surface area contributed by atoms with Crippen molar-refractivity contribution in [2.75, 3.05) is 25.4 Å². The van der Waals surface area contributed by atoms with Gasteiger partial charge in [-0.3, -0.25) is 9.59 Å². The molecule has 1 aliphatic rings. The third-order valence-electron chi connectivity index (χ3n) is 3.49. The molecule has 0 radical (unpaired) electrons. The summed E-state index contributed by atoms with van der Waals surface area (Å²) in [5, 5.41) is 15.8. The highest BCUT2D eigenvalue weighted by molar-refractivity contribution is 8.00. The topological polar surface area (TPSA) is 78.4 Å². The molecule has 1 unspecified atom stereocenters. The zero-order valence-electron chi connectivity index (χ0n) is 13.3. The number of carboxylic acids is 1. The molecule has 1 aliphatic heterocycles. The number of carbonyl (C=O) groups is 2. The van der Waals surface area contributed by atoms with Crippen LogP contribution in [0, 0.1) is 11.3 Å². The van der Waals surface area contributed by atoms with Crippen molar-refractivity contribution < 1.29 is 14.7 Å². The summed E-state index contributed by atoms with van der Waals surface area (Å²) >= 11 is 1.68. The van der Waals surface area contributed by atoms with E-state index >= 15 is 0 Å². The van der Waals surface area contributed by atoms with Crippen molar-refractivity contribution in [1.29, 1.82) is 0 Å². The molecule has 0 aromatic rings. The predicted octanol–water partition coefficient (Wildman–Crippen LogP) is 1.72. The first kappa shape index (κ1) is 18.3. The van der Waals surface area contributed by atoms with Crippen molar-refractivity contribution >= 4 is 23.6 Å². The van der Waals surface area contributed by atoms with Gasteiger partial charge in [0.15, 0.2) is 0 Å². The van der Waals surface area contributed by atoms with Gasteiger partial charge in [-0.1, -0.05) is 20.8 Å². The molecule has 122 valence electrons. The molecule has 0 aliphatic carbocycles. The van der Waals surface area contributed by atoms with Crippen molar-refractivity contribution in [1.82, 2.24) is 10.6 Å². The van der Waals surface area contributed by atoms with E-state index in [4.69, 9.17) is 0 Å². The summed E-state index contributed by atoms with van der Waals surface area (Å²) in [5.74, 6) is -0.986. The summed E-state index contributed by atoms with van der Waals surface area (Å²) in [7, 11) is 0. The first-order chi connectivity index (χ1) is 9.78. The van der Waals surface area contributed by atoms with Gasteiger partial charge in [-0.25, -0.2) is 0 Å². The Kier molecular flexibility index (Phi) is 7.52. The number of aliphatic carboxylic acids is 1. The lowest BCUT2D eigenvalue weighted by Crippen LogP contribution is -2.36. The molecule has 5 nitrogen and oxygen atoms in total. The second-order valence-corrected chi connectivity index (χ2v) is 8.15. The molecule has 3 N–H and O–H groups in total. The van der Waals surface area contributed by atoms with E-state index in [-0.39, 0.29) is 17.9 Å². The van der Waals surface area contributed by atoms with Crippen molar-refractivity contribution in [3.05, 3.63) is 0 Å². The van der Waals surface area contributed by atoms with Crippen LogP contribution in [0.5, 0.6) is 0 Å². The lowest BCUT2D eigenvalue weighted by Gasteiger charge is -2.24. The quantitative estimate of drug-likeness (QED) is 0.666. The fraction of sp³-hybridized carbons (Fsp3) is 0.867. The van der Waals surface area contributed by atoms with Crippen LogP contribution in [0.4, 0.5) is 0 Å². The van der Waals surface area contributed by atoms with E-state index in [2.05, 4.69) is 10.6 Å². The first-order valence-electron chi connectivity index (χ1n) is 7.60. The second-order valence-electron chi connectivity index (χ2n) is 6.86. The van der Waals surface area contributed by atoms with E-state index in [0.29, 0.717) is 17.4 Å². The van der Waals surface area contributed by atoms with Crippen LogP contribution in [0.3, 0.4) is 0 Å². The van der Waals surface area contributed by atoms with E-state index < -0.39 is 11.9 Å². The Morgan fingerprint density at radius 1 is 1.33 bits per heavy atom. The lowest BCUT2D eigenvalue weighted by atomic mass is 9.84. The summed E-state index contributed by atoms with van der Waals surface area (Å²) in [6.45, 7) is 8.29. The molecule has 21 heavy (non-hydrogen) atoms. The Hall–Kier alpha value is -0.750. The molecule has 1 fully saturated rings. The molecule has 1 atom stereocenters. The van der Waals surface area contributed by atoms with Crippen LogP contribution >= 0.6 is 11.8 Å². The Morgan fingerprint density at radius 2 is 1.95 bits per heavy atom. The Morgan fingerprint density at radius 3 is 2.48 bits per heavy atom. The number of rotatable bonds is 7. The summed E-state index contributed by atoms with van der Waals surface area (Å²) in [4.78, 5) is 23.1. The van der Waals surface area contributed by atoms with E-state index in [9.17, 15) is 14.7 Å². The first-order valence-corrected chi connectivity index (χ1v) is 8.64. The normalized spacial score (nSPS) is 18.2. The zero-order valence-corrected chi connectivity index (χ0v) is 14.1. The van der Waals surface area contributed by atoms with E-state index in [1.54, 1.807) is 11.8 Å². The molecule has 0 aromatic heterocycles. The number of thioether (sulfide) groups is 1. The van der Waals surface area contributed by atoms with E-state index in [1.807, 2.05) is 20.8 Å². The fourth-order valence-corrected chi connectivity index (χ4v) is 3.49. The number of carboxylic acid groups (broad SMARTS) is 1. The van der Waals surface area contributed by atoms with Crippen LogP contribution in [0.25, 0.3) is 0 Å². The van der Waals surface area contributed by atoms with Crippen molar-refractivity contribution in [3.8, 4) is 0 Å². The largest absolute Gasteiger partial charge is 0.481 e. The summed E-state index contributed by atoms with van der Waals surface area (Å²) in [6.07, 6.45) is 2.75. The molecular weight excluding hydrogens is 288 g/mol. The summed E-state index contributed by atoms with van der Waals surface area (Å²) < 4.78 is 0. The SMILES string of the molecule is CC(C)(C)CC(CNC(=O)CSC1CCNCC1)C(=O)O. The highest BCUT2D eigenvalue weighted by Crippen LogP contribution is 2.24. The smallest absolute Gasteiger partial charge is 0.308 e. The van der Waals surface area contributed by atoms with Crippen LogP contribution in [0.15, 0.2) is 0 Å². The molecule has 6 heteroatoms. The number of piperidine rings is 1. The number of nitrogens with one attached hydrogen (secondary N) is 2. The van der Waals surface area contributed by atoms with Crippen LogP contribution in [-0.2, 0) is 9.59 Å². The predicted molar refractivity (Wildman–Crippen MR) is 86.6 cm³/mol. The average Bonchev–Trinajstić information content (AvgIpc) is 2.41. The third kappa shape index (κ3) is 8.31. The van der Waals surface area contributed by atoms with Crippen LogP contribution in [-0.4, -0.2) is 47.6 Å². The average molecular weight is 316 g/mol. The number of amides is 1. The van der Waals surface area contributed by atoms with Crippen LogP contribution < -0.4 is 10.6 Å². The third-order valence-corrected chi connectivity index (χ3v) is 4.86. The number of hydrogen-bond acceptors (Lipinski definition) is 4. The second kappa shape index (κ2) is 8.63. The number of carbonyl (C=O) groups excluding carboxylic acids is 1. The van der Waals surface area contributed by atoms with Crippen LogP contribution in [0.2, 0.25) is 0 Å². The van der Waals surface area contributed by atoms with Gasteiger partial charge in [0, 0.05) is 11.8 Å². The molecule has 1 heterocycles. The Bertz CT molecular complexity index is 349. The van der Waals surface area contributed by atoms with Crippen molar-refractivity contribution in [2.24, 2.45) is 11.3 Å². The molecular formula is C15H28N2O3S. The monoisotopic (exact) mass is 316 g/mol. The van der Waals surface area contributed by atoms with Gasteiger partial charge in [0.05, 0.1) is 11.7 Å². The lowest BCUT2D eigenvalue weighted by molar-refractivity contribution is -0.142. The van der Waals surface area contributed by atoms with Gasteiger partial charge in [-0.2, -0.15) is 0 Å². The van der Waals surface area contributed by atoms with Crippen LogP contribution in [0.1, 0.15) is 40.0 Å². The van der Waals surface area contributed by atoms with Crippen molar-refractivity contribution in [3.63, 3.8) is 0 Å². The van der Waals surface area contributed by atoms with E-state index in [0.717, 1.165) is 25.9 Å². The minimum Gasteiger partial charge on any atom is -0.481 e.